The van der Waals surface area contributed by atoms with E-state index >= 15 is 0 Å². The summed E-state index contributed by atoms with van der Waals surface area (Å²) in [6, 6.07) is 0. The van der Waals surface area contributed by atoms with Crippen LogP contribution in [0.1, 0.15) is 0 Å². The van der Waals surface area contributed by atoms with E-state index in [1.807, 2.05) is 0 Å². The lowest BCUT2D eigenvalue weighted by Crippen LogP contribution is -2.11. The molecule has 0 amide bonds. The Morgan fingerprint density at radius 2 is 1.94 bits per heavy atom. The lowest BCUT2D eigenvalue weighted by Gasteiger charge is -1.99. The molecule has 0 aliphatic carbocycles. The summed E-state index contributed by atoms with van der Waals surface area (Å²) >= 11 is 0. The molecular weight excluding hydrogens is 214 g/mol. The van der Waals surface area contributed by atoms with Gasteiger partial charge in [0.15, 0.2) is 5.76 Å². The highest BCUT2D eigenvalue weighted by Gasteiger charge is 2.03. The van der Waals surface area contributed by atoms with Gasteiger partial charge in [0.2, 0.25) is 0 Å². The van der Waals surface area contributed by atoms with Crippen LogP contribution in [0.2, 0.25) is 0 Å². The van der Waals surface area contributed by atoms with Crippen LogP contribution in [0, 0.1) is 0 Å². The van der Waals surface area contributed by atoms with Gasteiger partial charge in [0.05, 0.1) is 5.57 Å². The van der Waals surface area contributed by atoms with Crippen molar-refractivity contribution in [3.8, 4) is 0 Å². The van der Waals surface area contributed by atoms with Crippen molar-refractivity contribution in [3.05, 3.63) is 36.1 Å². The van der Waals surface area contributed by atoms with Gasteiger partial charge in [-0.3, -0.25) is 0 Å². The summed E-state index contributed by atoms with van der Waals surface area (Å²) < 4.78 is 4.69. The summed E-state index contributed by atoms with van der Waals surface area (Å²) in [4.78, 5) is 20.7. The molecule has 0 bridgehead atoms. The van der Waals surface area contributed by atoms with E-state index in [2.05, 4.69) is 6.58 Å². The molecule has 0 saturated heterocycles. The third-order valence-corrected chi connectivity index (χ3v) is 1.52. The van der Waals surface area contributed by atoms with Gasteiger partial charge in [-0.2, -0.15) is 0 Å². The fourth-order valence-electron chi connectivity index (χ4n) is 0.677. The maximum Gasteiger partial charge on any atom is 0.370 e. The summed E-state index contributed by atoms with van der Waals surface area (Å²) in [5.41, 5.74) is 5.22. The van der Waals surface area contributed by atoms with Crippen LogP contribution in [0.15, 0.2) is 36.1 Å². The molecule has 0 fully saturated rings. The summed E-state index contributed by atoms with van der Waals surface area (Å²) in [7, 11) is 0. The Labute approximate surface area is 92.3 Å². The molecule has 0 rings (SSSR count). The lowest BCUT2D eigenvalue weighted by atomic mass is 10.2. The number of allylic oxidation sites excluding steroid dienone is 2. The fourth-order valence-corrected chi connectivity index (χ4v) is 0.677. The number of carboxylic acids is 2. The van der Waals surface area contributed by atoms with Crippen molar-refractivity contribution in [2.75, 3.05) is 13.2 Å². The highest BCUT2D eigenvalue weighted by atomic mass is 16.5. The number of aliphatic carboxylic acids is 2. The van der Waals surface area contributed by atoms with Crippen molar-refractivity contribution in [1.82, 2.24) is 0 Å². The summed E-state index contributed by atoms with van der Waals surface area (Å²) in [6.45, 7) is 3.06. The highest BCUT2D eigenvalue weighted by molar-refractivity contribution is 5.87. The number of carbonyl (C=O) groups is 2. The van der Waals surface area contributed by atoms with E-state index in [1.165, 1.54) is 18.2 Å². The van der Waals surface area contributed by atoms with Gasteiger partial charge in [0, 0.05) is 6.54 Å². The maximum atomic E-state index is 10.5. The topological polar surface area (TPSA) is 110 Å². The van der Waals surface area contributed by atoms with Gasteiger partial charge in [0.25, 0.3) is 0 Å². The molecule has 0 spiro atoms. The molecular formula is C10H13NO5. The largest absolute Gasteiger partial charge is 0.483 e. The first-order valence-corrected chi connectivity index (χ1v) is 4.33. The van der Waals surface area contributed by atoms with Crippen molar-refractivity contribution in [1.29, 1.82) is 0 Å². The number of ether oxygens (including phenoxy) is 1. The van der Waals surface area contributed by atoms with E-state index < -0.39 is 11.9 Å². The molecule has 88 valence electrons. The monoisotopic (exact) mass is 227 g/mol. The molecule has 0 atom stereocenters. The smallest absolute Gasteiger partial charge is 0.370 e. The molecule has 0 aromatic carbocycles. The standard InChI is InChI=1S/C10H13NO5/c1-7(9(12)13)16-5-3-2-4-8(6-11)10(14)15/h2-4H,1,5-6,11H2,(H,12,13)(H,14,15)/b3-2-,8-4+. The highest BCUT2D eigenvalue weighted by Crippen LogP contribution is 1.95. The molecule has 0 aromatic heterocycles. The normalized spacial score (nSPS) is 11.4. The van der Waals surface area contributed by atoms with Crippen LogP contribution in [0.5, 0.6) is 0 Å². The predicted molar refractivity (Wildman–Crippen MR) is 56.6 cm³/mol. The Bertz CT molecular complexity index is 343. The van der Waals surface area contributed by atoms with E-state index in [0.29, 0.717) is 0 Å². The van der Waals surface area contributed by atoms with E-state index in [0.717, 1.165) is 0 Å². The Morgan fingerprint density at radius 3 is 2.38 bits per heavy atom. The zero-order valence-electron chi connectivity index (χ0n) is 8.55. The first kappa shape index (κ1) is 13.9. The third kappa shape index (κ3) is 5.61. The minimum atomic E-state index is -1.24. The Hall–Kier alpha value is -2.08. The molecule has 16 heavy (non-hydrogen) atoms. The third-order valence-electron chi connectivity index (χ3n) is 1.52. The van der Waals surface area contributed by atoms with Gasteiger partial charge >= 0.3 is 11.9 Å². The number of hydrogen-bond acceptors (Lipinski definition) is 4. The van der Waals surface area contributed by atoms with Crippen molar-refractivity contribution in [2.45, 2.75) is 0 Å². The SMILES string of the molecule is C=C(OC/C=C\C=C(/CN)C(=O)O)C(=O)O. The molecule has 0 saturated carbocycles. The van der Waals surface area contributed by atoms with Crippen molar-refractivity contribution >= 4 is 11.9 Å². The number of nitrogens with two attached hydrogens (primary N) is 1. The fraction of sp³-hybridized carbons (Fsp3) is 0.200. The molecule has 4 N–H and O–H groups in total. The quantitative estimate of drug-likeness (QED) is 0.324. The van der Waals surface area contributed by atoms with Crippen LogP contribution in [-0.4, -0.2) is 35.3 Å². The van der Waals surface area contributed by atoms with Gasteiger partial charge < -0.3 is 20.7 Å². The number of rotatable bonds is 7. The number of hydrogen-bond donors (Lipinski definition) is 3. The molecule has 0 heterocycles. The van der Waals surface area contributed by atoms with Gasteiger partial charge in [-0.1, -0.05) is 12.2 Å². The van der Waals surface area contributed by atoms with Crippen LogP contribution in [0.25, 0.3) is 0 Å². The van der Waals surface area contributed by atoms with Gasteiger partial charge in [0.1, 0.15) is 6.61 Å². The van der Waals surface area contributed by atoms with Crippen molar-refractivity contribution in [2.24, 2.45) is 5.73 Å². The Morgan fingerprint density at radius 1 is 1.31 bits per heavy atom. The molecule has 6 heteroatoms. The minimum absolute atomic E-state index is 0.000889. The summed E-state index contributed by atoms with van der Waals surface area (Å²) in [5.74, 6) is -2.70. The average molecular weight is 227 g/mol. The van der Waals surface area contributed by atoms with E-state index in [4.69, 9.17) is 20.7 Å². The molecule has 0 unspecified atom stereocenters. The average Bonchev–Trinajstić information content (AvgIpc) is 2.22. The molecule has 0 radical (unpaired) electrons. The zero-order chi connectivity index (χ0) is 12.6. The van der Waals surface area contributed by atoms with Crippen LogP contribution >= 0.6 is 0 Å². The van der Waals surface area contributed by atoms with E-state index in [-0.39, 0.29) is 24.5 Å². The summed E-state index contributed by atoms with van der Waals surface area (Å²) in [6.07, 6.45) is 4.19. The van der Waals surface area contributed by atoms with Crippen molar-refractivity contribution < 1.29 is 24.5 Å². The van der Waals surface area contributed by atoms with Gasteiger partial charge in [-0.05, 0) is 12.7 Å². The summed E-state index contributed by atoms with van der Waals surface area (Å²) in [5, 5.41) is 17.0. The molecule has 0 aliphatic rings. The second kappa shape index (κ2) is 7.24. The molecule has 0 aromatic rings. The Kier molecular flexibility index (Phi) is 6.30. The minimum Gasteiger partial charge on any atom is -0.483 e. The van der Waals surface area contributed by atoms with Crippen molar-refractivity contribution in [3.63, 3.8) is 0 Å². The van der Waals surface area contributed by atoms with Crippen LogP contribution < -0.4 is 5.73 Å². The lowest BCUT2D eigenvalue weighted by molar-refractivity contribution is -0.136. The first-order chi connectivity index (χ1) is 7.49. The second-order valence-corrected chi connectivity index (χ2v) is 2.67. The van der Waals surface area contributed by atoms with Gasteiger partial charge in [-0.25, -0.2) is 9.59 Å². The Balaban J connectivity index is 4.07. The van der Waals surface area contributed by atoms with E-state index in [1.54, 1.807) is 0 Å². The molecule has 6 nitrogen and oxygen atoms in total. The maximum absolute atomic E-state index is 10.5. The first-order valence-electron chi connectivity index (χ1n) is 4.33. The predicted octanol–water partition coefficient (Wildman–Crippen LogP) is 0.127. The second-order valence-electron chi connectivity index (χ2n) is 2.67. The van der Waals surface area contributed by atoms with Crippen LogP contribution in [0.3, 0.4) is 0 Å². The van der Waals surface area contributed by atoms with Gasteiger partial charge in [-0.15, -0.1) is 0 Å². The zero-order valence-corrected chi connectivity index (χ0v) is 8.55. The van der Waals surface area contributed by atoms with E-state index in [9.17, 15) is 9.59 Å². The van der Waals surface area contributed by atoms with Crippen LogP contribution in [0.4, 0.5) is 0 Å². The molecule has 0 aliphatic heterocycles. The number of carboxylic acid groups (broad SMARTS) is 2. The van der Waals surface area contributed by atoms with Crippen LogP contribution in [-0.2, 0) is 14.3 Å².